The van der Waals surface area contributed by atoms with Gasteiger partial charge >= 0.3 is 5.97 Å². The molecule has 0 amide bonds. The third-order valence-electron chi connectivity index (χ3n) is 7.79. The number of pyridine rings is 2. The first kappa shape index (κ1) is 23.5. The Labute approximate surface area is 222 Å². The summed E-state index contributed by atoms with van der Waals surface area (Å²) in [7, 11) is 3.18. The molecule has 0 saturated heterocycles. The van der Waals surface area contributed by atoms with Gasteiger partial charge in [-0.2, -0.15) is 0 Å². The summed E-state index contributed by atoms with van der Waals surface area (Å²) in [5, 5.41) is 11.9. The second-order valence-electron chi connectivity index (χ2n) is 9.75. The van der Waals surface area contributed by atoms with Gasteiger partial charge in [0.15, 0.2) is 17.1 Å². The van der Waals surface area contributed by atoms with E-state index in [4.69, 9.17) is 28.7 Å². The molecule has 5 heterocycles. The van der Waals surface area contributed by atoms with E-state index in [0.29, 0.717) is 39.9 Å². The molecule has 1 atom stereocenters. The van der Waals surface area contributed by atoms with Gasteiger partial charge in [0.25, 0.3) is 5.56 Å². The second kappa shape index (κ2) is 8.21. The highest BCUT2D eigenvalue weighted by atomic mass is 16.7. The van der Waals surface area contributed by atoms with Gasteiger partial charge in [-0.3, -0.25) is 4.79 Å². The number of ether oxygens (including phenoxy) is 5. The number of rotatable bonds is 4. The quantitative estimate of drug-likeness (QED) is 0.350. The lowest BCUT2D eigenvalue weighted by Crippen LogP contribution is -2.44. The lowest BCUT2D eigenvalue weighted by Gasteiger charge is -2.31. The normalized spacial score (nSPS) is 18.4. The Morgan fingerprint density at radius 2 is 1.79 bits per heavy atom. The highest BCUT2D eigenvalue weighted by molar-refractivity contribution is 6.02. The second-order valence-corrected chi connectivity index (χ2v) is 9.75. The molecule has 0 bridgehead atoms. The summed E-state index contributed by atoms with van der Waals surface area (Å²) in [4.78, 5) is 31.0. The minimum absolute atomic E-state index is 0.0789. The van der Waals surface area contributed by atoms with Crippen LogP contribution in [0.15, 0.2) is 41.2 Å². The number of aliphatic hydroxyl groups is 1. The fourth-order valence-electron chi connectivity index (χ4n) is 5.72. The largest absolute Gasteiger partial charge is 0.497 e. The molecule has 0 saturated carbocycles. The Morgan fingerprint density at radius 1 is 1.03 bits per heavy atom. The van der Waals surface area contributed by atoms with E-state index < -0.39 is 11.6 Å². The van der Waals surface area contributed by atoms with Crippen molar-refractivity contribution in [3.8, 4) is 45.5 Å². The summed E-state index contributed by atoms with van der Waals surface area (Å²) in [6.45, 7) is 1.87. The van der Waals surface area contributed by atoms with Crippen LogP contribution < -0.4 is 24.5 Å². The lowest BCUT2D eigenvalue weighted by molar-refractivity contribution is -0.172. The van der Waals surface area contributed by atoms with Crippen LogP contribution in [-0.4, -0.2) is 41.6 Å². The highest BCUT2D eigenvalue weighted by Gasteiger charge is 2.45. The number of nitrogens with zero attached hydrogens (tertiary/aromatic N) is 2. The Balaban J connectivity index is 1.48. The number of benzene rings is 2. The third-order valence-corrected chi connectivity index (χ3v) is 7.79. The average molecular weight is 529 g/mol. The van der Waals surface area contributed by atoms with Crippen LogP contribution in [0.4, 0.5) is 0 Å². The van der Waals surface area contributed by atoms with Crippen LogP contribution in [0.25, 0.3) is 33.4 Å². The molecule has 1 N–H and O–H groups in total. The number of cyclic esters (lactones) is 1. The fourth-order valence-corrected chi connectivity index (χ4v) is 5.72. The molecule has 2 aromatic carbocycles. The zero-order valence-corrected chi connectivity index (χ0v) is 21.5. The Morgan fingerprint density at radius 3 is 2.51 bits per heavy atom. The lowest BCUT2D eigenvalue weighted by atomic mass is 9.86. The SMILES string of the molecule is CC[C@@]1(O)C(=O)OCc2c1cc1n(c2=O)Cc2cc3c(-c4cc(OC)cc(OC)c4)c4c(cc3nc2-1)OCO4. The molecule has 0 spiro atoms. The number of carbonyl (C=O) groups is 1. The van der Waals surface area contributed by atoms with E-state index in [1.807, 2.05) is 24.3 Å². The summed E-state index contributed by atoms with van der Waals surface area (Å²) in [6.07, 6.45) is 0.0799. The molecule has 39 heavy (non-hydrogen) atoms. The molecule has 10 heteroatoms. The van der Waals surface area contributed by atoms with Crippen molar-refractivity contribution in [1.29, 1.82) is 0 Å². The van der Waals surface area contributed by atoms with Gasteiger partial charge in [-0.25, -0.2) is 9.78 Å². The number of carbonyl (C=O) groups excluding carboxylic acids is 1. The molecule has 0 unspecified atom stereocenters. The van der Waals surface area contributed by atoms with Crippen molar-refractivity contribution in [2.45, 2.75) is 32.1 Å². The molecule has 198 valence electrons. The monoisotopic (exact) mass is 528 g/mol. The molecule has 3 aliphatic rings. The van der Waals surface area contributed by atoms with E-state index in [-0.39, 0.29) is 43.1 Å². The molecular formula is C29H24N2O8. The number of fused-ring (bicyclic) bond motifs is 6. The minimum Gasteiger partial charge on any atom is -0.497 e. The van der Waals surface area contributed by atoms with E-state index in [0.717, 1.165) is 22.1 Å². The Bertz CT molecular complexity index is 1770. The first-order valence-corrected chi connectivity index (χ1v) is 12.5. The van der Waals surface area contributed by atoms with Crippen LogP contribution in [0, 0.1) is 0 Å². The van der Waals surface area contributed by atoms with Crippen molar-refractivity contribution in [2.24, 2.45) is 0 Å². The van der Waals surface area contributed by atoms with Crippen LogP contribution in [0.1, 0.15) is 30.0 Å². The molecule has 2 aromatic heterocycles. The van der Waals surface area contributed by atoms with Crippen LogP contribution in [0.3, 0.4) is 0 Å². The maximum atomic E-state index is 13.5. The van der Waals surface area contributed by atoms with Crippen molar-refractivity contribution in [1.82, 2.24) is 9.55 Å². The van der Waals surface area contributed by atoms with Gasteiger partial charge in [0.1, 0.15) is 18.1 Å². The van der Waals surface area contributed by atoms with Crippen molar-refractivity contribution < 1.29 is 33.6 Å². The van der Waals surface area contributed by atoms with Gasteiger partial charge < -0.3 is 33.4 Å². The topological polar surface area (TPSA) is 118 Å². The fraction of sp³-hybridized carbons (Fsp3) is 0.276. The maximum Gasteiger partial charge on any atom is 0.343 e. The molecular weight excluding hydrogens is 504 g/mol. The number of hydrogen-bond donors (Lipinski definition) is 1. The molecule has 7 rings (SSSR count). The van der Waals surface area contributed by atoms with Crippen molar-refractivity contribution in [3.05, 3.63) is 63.4 Å². The molecule has 0 fully saturated rings. The summed E-state index contributed by atoms with van der Waals surface area (Å²) in [5.41, 5.74) is 2.55. The van der Waals surface area contributed by atoms with Crippen molar-refractivity contribution in [3.63, 3.8) is 0 Å². The third kappa shape index (κ3) is 3.21. The van der Waals surface area contributed by atoms with E-state index in [2.05, 4.69) is 0 Å². The van der Waals surface area contributed by atoms with Gasteiger partial charge in [-0.1, -0.05) is 6.92 Å². The zero-order valence-electron chi connectivity index (χ0n) is 21.5. The predicted molar refractivity (Wildman–Crippen MR) is 139 cm³/mol. The Hall–Kier alpha value is -4.57. The smallest absolute Gasteiger partial charge is 0.343 e. The number of esters is 1. The van der Waals surface area contributed by atoms with E-state index in [1.54, 1.807) is 37.8 Å². The molecule has 0 radical (unpaired) electrons. The van der Waals surface area contributed by atoms with Crippen molar-refractivity contribution in [2.75, 3.05) is 21.0 Å². The number of hydrogen-bond acceptors (Lipinski definition) is 9. The van der Waals surface area contributed by atoms with Crippen LogP contribution in [0.5, 0.6) is 23.0 Å². The summed E-state index contributed by atoms with van der Waals surface area (Å²) in [5.74, 6) is 1.63. The maximum absolute atomic E-state index is 13.5. The van der Waals surface area contributed by atoms with E-state index >= 15 is 0 Å². The van der Waals surface area contributed by atoms with Crippen LogP contribution in [-0.2, 0) is 28.3 Å². The van der Waals surface area contributed by atoms with Crippen LogP contribution in [0.2, 0.25) is 0 Å². The number of methoxy groups -OCH3 is 2. The van der Waals surface area contributed by atoms with E-state index in [9.17, 15) is 14.7 Å². The number of aromatic nitrogens is 2. The summed E-state index contributed by atoms with van der Waals surface area (Å²) < 4.78 is 29.4. The average Bonchev–Trinajstić information content (AvgIpc) is 3.56. The molecule has 0 aliphatic carbocycles. The van der Waals surface area contributed by atoms with Gasteiger partial charge in [0.05, 0.1) is 43.2 Å². The molecule has 10 nitrogen and oxygen atoms in total. The van der Waals surface area contributed by atoms with Gasteiger partial charge in [0.2, 0.25) is 6.79 Å². The summed E-state index contributed by atoms with van der Waals surface area (Å²) >= 11 is 0. The first-order chi connectivity index (χ1) is 18.9. The summed E-state index contributed by atoms with van der Waals surface area (Å²) in [6, 6.07) is 11.1. The molecule has 3 aliphatic heterocycles. The minimum atomic E-state index is -1.88. The standard InChI is InChI=1S/C29H24N2O8/c1-4-29(34)20-9-22-25-15(11-31(22)27(32)19(20)12-37-28(29)33)7-18-21(30-25)10-23-26(39-13-38-23)24(18)14-5-16(35-2)8-17(6-14)36-3/h5-10,34H,4,11-13H2,1-3H3/t29-/m0/s1. The molecule has 4 aromatic rings. The zero-order chi connectivity index (χ0) is 27.1. The van der Waals surface area contributed by atoms with Gasteiger partial charge in [-0.05, 0) is 36.2 Å². The van der Waals surface area contributed by atoms with Crippen molar-refractivity contribution >= 4 is 16.9 Å². The van der Waals surface area contributed by atoms with Crippen LogP contribution >= 0.6 is 0 Å². The van der Waals surface area contributed by atoms with Gasteiger partial charge in [0, 0.05) is 34.2 Å². The van der Waals surface area contributed by atoms with Gasteiger partial charge in [-0.15, -0.1) is 0 Å². The van der Waals surface area contributed by atoms with E-state index in [1.165, 1.54) is 0 Å². The Kier molecular flexibility index (Phi) is 4.96. The predicted octanol–water partition coefficient (Wildman–Crippen LogP) is 3.49. The first-order valence-electron chi connectivity index (χ1n) is 12.5. The highest BCUT2D eigenvalue weighted by Crippen LogP contribution is 2.49.